The molecule has 0 unspecified atom stereocenters. The summed E-state index contributed by atoms with van der Waals surface area (Å²) in [6, 6.07) is 16.7. The third kappa shape index (κ3) is 6.32. The summed E-state index contributed by atoms with van der Waals surface area (Å²) < 4.78 is 31.6. The topological polar surface area (TPSA) is 65.1 Å². The molecule has 2 amide bonds. The van der Waals surface area contributed by atoms with Crippen LogP contribution in [0.1, 0.15) is 11.1 Å². The Labute approximate surface area is 230 Å². The fourth-order valence-corrected chi connectivity index (χ4v) is 5.13. The summed E-state index contributed by atoms with van der Waals surface area (Å²) in [7, 11) is 1.50. The zero-order valence-electron chi connectivity index (χ0n) is 19.0. The Morgan fingerprint density at radius 1 is 1.08 bits per heavy atom. The fourth-order valence-electron chi connectivity index (χ4n) is 3.36. The normalized spacial score (nSPS) is 14.4. The third-order valence-corrected chi connectivity index (χ3v) is 7.11. The molecular formula is C26H20ClFINO5S. The summed E-state index contributed by atoms with van der Waals surface area (Å²) >= 11 is 8.82. The Hall–Kier alpha value is -2.76. The molecule has 1 aliphatic rings. The van der Waals surface area contributed by atoms with Gasteiger partial charge in [-0.15, -0.1) is 0 Å². The van der Waals surface area contributed by atoms with Gasteiger partial charge in [-0.1, -0.05) is 29.8 Å². The van der Waals surface area contributed by atoms with E-state index in [1.807, 2.05) is 0 Å². The van der Waals surface area contributed by atoms with Crippen LogP contribution in [-0.4, -0.2) is 36.3 Å². The predicted molar refractivity (Wildman–Crippen MR) is 146 cm³/mol. The molecule has 10 heteroatoms. The summed E-state index contributed by atoms with van der Waals surface area (Å²) in [5.74, 6) is 0.753. The number of ether oxygens (including phenoxy) is 3. The van der Waals surface area contributed by atoms with Crippen LogP contribution in [0.25, 0.3) is 6.08 Å². The van der Waals surface area contributed by atoms with E-state index in [1.165, 1.54) is 13.2 Å². The van der Waals surface area contributed by atoms with Crippen molar-refractivity contribution in [2.24, 2.45) is 0 Å². The van der Waals surface area contributed by atoms with Crippen LogP contribution in [0.15, 0.2) is 65.6 Å². The van der Waals surface area contributed by atoms with Crippen molar-refractivity contribution >= 4 is 63.2 Å². The van der Waals surface area contributed by atoms with Gasteiger partial charge in [0.1, 0.15) is 24.8 Å². The molecule has 1 fully saturated rings. The van der Waals surface area contributed by atoms with Crippen molar-refractivity contribution in [3.8, 4) is 17.2 Å². The van der Waals surface area contributed by atoms with Crippen molar-refractivity contribution in [3.63, 3.8) is 0 Å². The first-order valence-corrected chi connectivity index (χ1v) is 13.0. The Bertz CT molecular complexity index is 1320. The van der Waals surface area contributed by atoms with Gasteiger partial charge in [0.2, 0.25) is 0 Å². The van der Waals surface area contributed by atoms with Gasteiger partial charge in [-0.2, -0.15) is 0 Å². The lowest BCUT2D eigenvalue weighted by Crippen LogP contribution is -2.32. The Morgan fingerprint density at radius 3 is 2.56 bits per heavy atom. The number of halogens is 3. The van der Waals surface area contributed by atoms with Gasteiger partial charge < -0.3 is 14.2 Å². The van der Waals surface area contributed by atoms with E-state index >= 15 is 0 Å². The van der Waals surface area contributed by atoms with E-state index < -0.39 is 5.91 Å². The van der Waals surface area contributed by atoms with Gasteiger partial charge in [-0.25, -0.2) is 4.39 Å². The third-order valence-electron chi connectivity index (χ3n) is 5.15. The molecule has 1 aliphatic heterocycles. The van der Waals surface area contributed by atoms with E-state index in [0.717, 1.165) is 16.7 Å². The molecule has 0 spiro atoms. The van der Waals surface area contributed by atoms with Gasteiger partial charge in [0.05, 0.1) is 22.1 Å². The summed E-state index contributed by atoms with van der Waals surface area (Å²) in [6.07, 6.45) is 1.64. The van der Waals surface area contributed by atoms with E-state index in [0.29, 0.717) is 41.9 Å². The van der Waals surface area contributed by atoms with E-state index in [4.69, 9.17) is 25.8 Å². The maximum atomic E-state index is 13.9. The number of carbonyl (C=O) groups is 2. The van der Waals surface area contributed by atoms with Gasteiger partial charge in [-0.05, 0) is 88.5 Å². The number of nitrogens with zero attached hydrogens (tertiary/aromatic N) is 1. The van der Waals surface area contributed by atoms with Gasteiger partial charge >= 0.3 is 0 Å². The predicted octanol–water partition coefficient (Wildman–Crippen LogP) is 6.79. The minimum atomic E-state index is -0.390. The number of amides is 2. The second-order valence-electron chi connectivity index (χ2n) is 7.55. The van der Waals surface area contributed by atoms with Crippen LogP contribution < -0.4 is 14.2 Å². The van der Waals surface area contributed by atoms with Crippen molar-refractivity contribution in [1.29, 1.82) is 0 Å². The smallest absolute Gasteiger partial charge is 0.293 e. The van der Waals surface area contributed by atoms with Crippen molar-refractivity contribution in [1.82, 2.24) is 4.90 Å². The Morgan fingerprint density at radius 2 is 1.83 bits per heavy atom. The average Bonchev–Trinajstić information content (AvgIpc) is 3.12. The standard InChI is InChI=1S/C26H20ClFINO5S/c1-33-22-13-16(12-21(29)24(22)35-15-17-4-2-3-5-20(17)28)14-23-25(31)30(26(32)36-23)10-11-34-19-8-6-18(27)7-9-19/h2-9,12-14H,10-11,15H2,1H3/b23-14-. The fraction of sp³-hybridized carbons (Fsp3) is 0.154. The number of imide groups is 1. The molecule has 0 aromatic heterocycles. The molecule has 186 valence electrons. The van der Waals surface area contributed by atoms with Crippen LogP contribution in [0.4, 0.5) is 9.18 Å². The zero-order chi connectivity index (χ0) is 25.7. The molecular weight excluding hydrogens is 620 g/mol. The van der Waals surface area contributed by atoms with E-state index in [2.05, 4.69) is 22.6 Å². The minimum Gasteiger partial charge on any atom is -0.493 e. The summed E-state index contributed by atoms with van der Waals surface area (Å²) in [6.45, 7) is 0.316. The van der Waals surface area contributed by atoms with E-state index in [1.54, 1.807) is 60.7 Å². The number of hydrogen-bond donors (Lipinski definition) is 0. The van der Waals surface area contributed by atoms with Gasteiger partial charge in [0.25, 0.3) is 11.1 Å². The van der Waals surface area contributed by atoms with Crippen LogP contribution >= 0.6 is 46.0 Å². The molecule has 0 saturated carbocycles. The highest BCUT2D eigenvalue weighted by Crippen LogP contribution is 2.37. The highest BCUT2D eigenvalue weighted by atomic mass is 127. The van der Waals surface area contributed by atoms with Crippen LogP contribution in [0, 0.1) is 9.39 Å². The highest BCUT2D eigenvalue weighted by molar-refractivity contribution is 14.1. The monoisotopic (exact) mass is 639 g/mol. The van der Waals surface area contributed by atoms with E-state index in [-0.39, 0.29) is 30.8 Å². The van der Waals surface area contributed by atoms with Gasteiger partial charge in [-0.3, -0.25) is 14.5 Å². The van der Waals surface area contributed by atoms with Crippen LogP contribution in [-0.2, 0) is 11.4 Å². The maximum Gasteiger partial charge on any atom is 0.293 e. The number of carbonyl (C=O) groups excluding carboxylic acids is 2. The highest BCUT2D eigenvalue weighted by Gasteiger charge is 2.35. The Balaban J connectivity index is 1.44. The summed E-state index contributed by atoms with van der Waals surface area (Å²) in [4.78, 5) is 26.7. The molecule has 4 rings (SSSR count). The Kier molecular flexibility index (Phi) is 8.76. The number of methoxy groups -OCH3 is 1. The molecule has 0 atom stereocenters. The average molecular weight is 640 g/mol. The van der Waals surface area contributed by atoms with Crippen molar-refractivity contribution < 1.29 is 28.2 Å². The largest absolute Gasteiger partial charge is 0.493 e. The van der Waals surface area contributed by atoms with Crippen molar-refractivity contribution in [2.75, 3.05) is 20.3 Å². The maximum absolute atomic E-state index is 13.9. The van der Waals surface area contributed by atoms with Gasteiger partial charge in [0.15, 0.2) is 11.5 Å². The second kappa shape index (κ2) is 12.0. The molecule has 0 bridgehead atoms. The SMILES string of the molecule is COc1cc(/C=C2\SC(=O)N(CCOc3ccc(Cl)cc3)C2=O)cc(I)c1OCc1ccccc1F. The zero-order valence-corrected chi connectivity index (χ0v) is 22.7. The second-order valence-corrected chi connectivity index (χ2v) is 10.1. The molecule has 6 nitrogen and oxygen atoms in total. The van der Waals surface area contributed by atoms with Crippen LogP contribution in [0.5, 0.6) is 17.2 Å². The van der Waals surface area contributed by atoms with Crippen LogP contribution in [0.2, 0.25) is 5.02 Å². The lowest BCUT2D eigenvalue weighted by atomic mass is 10.1. The molecule has 1 heterocycles. The first-order chi connectivity index (χ1) is 17.4. The quantitative estimate of drug-likeness (QED) is 0.190. The summed E-state index contributed by atoms with van der Waals surface area (Å²) in [5, 5.41) is 0.229. The molecule has 36 heavy (non-hydrogen) atoms. The molecule has 1 saturated heterocycles. The first kappa shape index (κ1) is 26.3. The summed E-state index contributed by atoms with van der Waals surface area (Å²) in [5.41, 5.74) is 1.09. The molecule has 0 radical (unpaired) electrons. The lowest BCUT2D eigenvalue weighted by Gasteiger charge is -2.14. The number of hydrogen-bond acceptors (Lipinski definition) is 6. The van der Waals surface area contributed by atoms with Gasteiger partial charge in [0, 0.05) is 10.6 Å². The van der Waals surface area contributed by atoms with Crippen molar-refractivity contribution in [3.05, 3.63) is 91.1 Å². The first-order valence-electron chi connectivity index (χ1n) is 10.7. The van der Waals surface area contributed by atoms with Crippen molar-refractivity contribution in [2.45, 2.75) is 6.61 Å². The molecule has 0 aliphatic carbocycles. The number of thioether (sulfide) groups is 1. The molecule has 3 aromatic carbocycles. The minimum absolute atomic E-state index is 0.0371. The van der Waals surface area contributed by atoms with E-state index in [9.17, 15) is 14.0 Å². The van der Waals surface area contributed by atoms with Crippen LogP contribution in [0.3, 0.4) is 0 Å². The molecule has 3 aromatic rings. The number of benzene rings is 3. The number of rotatable bonds is 9. The lowest BCUT2D eigenvalue weighted by molar-refractivity contribution is -0.123. The molecule has 0 N–H and O–H groups in total.